The van der Waals surface area contributed by atoms with Crippen molar-refractivity contribution in [2.75, 3.05) is 7.05 Å². The predicted molar refractivity (Wildman–Crippen MR) is 28.8 cm³/mol. The Morgan fingerprint density at radius 1 is 1.86 bits per heavy atom. The van der Waals surface area contributed by atoms with Crippen LogP contribution in [-0.2, 0) is 0 Å². The van der Waals surface area contributed by atoms with Crippen molar-refractivity contribution in [3.8, 4) is 6.07 Å². The van der Waals surface area contributed by atoms with Crippen molar-refractivity contribution in [3.05, 3.63) is 0 Å². The van der Waals surface area contributed by atoms with Crippen LogP contribution >= 0.6 is 0 Å². The van der Waals surface area contributed by atoms with Crippen LogP contribution in [0.25, 0.3) is 0 Å². The lowest BCUT2D eigenvalue weighted by molar-refractivity contribution is 0.684. The van der Waals surface area contributed by atoms with E-state index in [1.807, 2.05) is 7.05 Å². The molecule has 1 aliphatic carbocycles. The van der Waals surface area contributed by atoms with Gasteiger partial charge in [-0.25, -0.2) is 0 Å². The molecule has 0 bridgehead atoms. The second kappa shape index (κ2) is 1.21. The minimum Gasteiger partial charge on any atom is -0.302 e. The van der Waals surface area contributed by atoms with Gasteiger partial charge in [-0.05, 0) is 19.9 Å². The molecule has 0 unspecified atom stereocenters. The van der Waals surface area contributed by atoms with E-state index in [1.54, 1.807) is 0 Å². The number of rotatable bonds is 1. The van der Waals surface area contributed by atoms with E-state index >= 15 is 0 Å². The molecule has 40 valence electrons. The molecule has 0 heterocycles. The fourth-order valence-corrected chi connectivity index (χ4v) is 0.543. The van der Waals surface area contributed by atoms with Gasteiger partial charge in [-0.3, -0.25) is 0 Å². The van der Waals surface area contributed by atoms with Crippen LogP contribution in [0.4, 0.5) is 0 Å². The van der Waals surface area contributed by atoms with E-state index in [2.05, 4.69) is 11.4 Å². The zero-order valence-corrected chi connectivity index (χ0v) is 4.36. The van der Waals surface area contributed by atoms with Crippen LogP contribution in [0, 0.1) is 11.3 Å². The Kier molecular flexibility index (Phi) is 0.795. The van der Waals surface area contributed by atoms with Crippen molar-refractivity contribution in [2.24, 2.45) is 0 Å². The monoisotopic (exact) mass is 98.1 g/mol. The Morgan fingerprint density at radius 3 is 2.43 bits per heavy atom. The molecule has 0 aromatic heterocycles. The zero-order valence-electron chi connectivity index (χ0n) is 4.36. The molecule has 0 aliphatic heterocycles. The van der Waals surface area contributed by atoms with Crippen LogP contribution in [0.5, 0.6) is 0 Å². The molecular weight excluding hydrogens is 88.1 g/mol. The first kappa shape index (κ1) is 4.61. The van der Waals surface area contributed by atoms with Gasteiger partial charge in [-0.1, -0.05) is 0 Å². The third-order valence-electron chi connectivity index (χ3n) is 1.44. The lowest BCUT2D eigenvalue weighted by Gasteiger charge is -1.97. The molecule has 1 rings (SSSR count). The molecule has 1 saturated carbocycles. The maximum absolute atomic E-state index is 8.34. The molecule has 0 aromatic carbocycles. The van der Waals surface area contributed by atoms with Crippen molar-refractivity contribution in [1.29, 1.82) is 5.26 Å². The highest BCUT2D eigenvalue weighted by molar-refractivity contribution is 5.17. The Labute approximate surface area is 44.6 Å². The van der Waals surface area contributed by atoms with E-state index in [-0.39, 0.29) is 6.97 Å². The maximum Gasteiger partial charge on any atom is 0.106 e. The van der Waals surface area contributed by atoms with Crippen molar-refractivity contribution in [3.63, 3.8) is 0 Å². The van der Waals surface area contributed by atoms with Gasteiger partial charge in [0.05, 0.1) is 6.07 Å². The average molecular weight is 98.1 g/mol. The van der Waals surface area contributed by atoms with Crippen molar-refractivity contribution >= 4 is 0 Å². The molecular formula is C5H10N2. The maximum atomic E-state index is 8.34. The summed E-state index contributed by atoms with van der Waals surface area (Å²) in [6, 6.07) is 2.19. The van der Waals surface area contributed by atoms with Gasteiger partial charge in [0.2, 0.25) is 0 Å². The normalized spacial score (nSPS) is 23.4. The van der Waals surface area contributed by atoms with Gasteiger partial charge in [0.25, 0.3) is 0 Å². The largest absolute Gasteiger partial charge is 0.302 e. The van der Waals surface area contributed by atoms with Gasteiger partial charge in [-0.2, -0.15) is 5.26 Å². The lowest BCUT2D eigenvalue weighted by atomic mass is 10.3. The zero-order chi connectivity index (χ0) is 5.33. The summed E-state index contributed by atoms with van der Waals surface area (Å²) in [7, 11) is 1.83. The molecule has 1 aliphatic rings. The minimum atomic E-state index is -0.111. The van der Waals surface area contributed by atoms with Crippen LogP contribution < -0.4 is 5.32 Å². The van der Waals surface area contributed by atoms with Crippen LogP contribution in [0.3, 0.4) is 0 Å². The number of hydrogen-bond acceptors (Lipinski definition) is 2. The molecule has 0 spiro atoms. The second-order valence-electron chi connectivity index (χ2n) is 1.94. The smallest absolute Gasteiger partial charge is 0.106 e. The van der Waals surface area contributed by atoms with E-state index in [0.717, 1.165) is 12.8 Å². The molecule has 0 aromatic rings. The summed E-state index contributed by atoms with van der Waals surface area (Å²) in [5.74, 6) is 0. The summed E-state index contributed by atoms with van der Waals surface area (Å²) in [6.07, 6.45) is 2.06. The van der Waals surface area contributed by atoms with Gasteiger partial charge in [0.15, 0.2) is 0 Å². The third-order valence-corrected chi connectivity index (χ3v) is 1.44. The minimum absolute atomic E-state index is 0. The first-order valence-electron chi connectivity index (χ1n) is 2.43. The number of nitriles is 1. The standard InChI is InChI=1S/C5H8N2.H2/c1-7-5(4-6)2-3-5;/h7H,2-3H2,1H3;1H. The van der Waals surface area contributed by atoms with Crippen LogP contribution in [-0.4, -0.2) is 12.6 Å². The molecule has 1 N–H and O–H groups in total. The second-order valence-corrected chi connectivity index (χ2v) is 1.94. The molecule has 2 nitrogen and oxygen atoms in total. The number of hydrogen-bond donors (Lipinski definition) is 1. The summed E-state index contributed by atoms with van der Waals surface area (Å²) >= 11 is 0. The summed E-state index contributed by atoms with van der Waals surface area (Å²) in [5, 5.41) is 11.3. The van der Waals surface area contributed by atoms with E-state index < -0.39 is 0 Å². The summed E-state index contributed by atoms with van der Waals surface area (Å²) < 4.78 is 0. The van der Waals surface area contributed by atoms with Gasteiger partial charge in [0.1, 0.15) is 5.54 Å². The van der Waals surface area contributed by atoms with Crippen LogP contribution in [0.2, 0.25) is 0 Å². The van der Waals surface area contributed by atoms with Crippen molar-refractivity contribution < 1.29 is 1.43 Å². The Bertz CT molecular complexity index is 112. The first-order valence-corrected chi connectivity index (χ1v) is 2.43. The van der Waals surface area contributed by atoms with Crippen molar-refractivity contribution in [1.82, 2.24) is 5.32 Å². The highest BCUT2D eigenvalue weighted by Crippen LogP contribution is 2.33. The summed E-state index contributed by atoms with van der Waals surface area (Å²) in [4.78, 5) is 0. The summed E-state index contributed by atoms with van der Waals surface area (Å²) in [6.45, 7) is 0. The molecule has 0 atom stereocenters. The van der Waals surface area contributed by atoms with Crippen LogP contribution in [0.1, 0.15) is 14.3 Å². The molecule has 0 radical (unpaired) electrons. The molecule has 2 heteroatoms. The molecule has 7 heavy (non-hydrogen) atoms. The fourth-order valence-electron chi connectivity index (χ4n) is 0.543. The lowest BCUT2D eigenvalue weighted by Crippen LogP contribution is -2.24. The van der Waals surface area contributed by atoms with Crippen molar-refractivity contribution in [2.45, 2.75) is 18.4 Å². The Hall–Kier alpha value is -0.550. The Morgan fingerprint density at radius 2 is 2.43 bits per heavy atom. The molecule has 0 saturated heterocycles. The highest BCUT2D eigenvalue weighted by Gasteiger charge is 2.41. The SMILES string of the molecule is CNC1(C#N)CC1.[HH]. The number of nitrogens with zero attached hydrogens (tertiary/aromatic N) is 1. The molecule has 1 fully saturated rings. The quantitative estimate of drug-likeness (QED) is 0.518. The van der Waals surface area contributed by atoms with Gasteiger partial charge >= 0.3 is 0 Å². The summed E-state index contributed by atoms with van der Waals surface area (Å²) in [5.41, 5.74) is -0.111. The highest BCUT2D eigenvalue weighted by atomic mass is 15.0. The third kappa shape index (κ3) is 0.594. The average Bonchev–Trinajstić information content (AvgIpc) is 2.46. The topological polar surface area (TPSA) is 35.8 Å². The Balaban J connectivity index is 0.000000490. The predicted octanol–water partition coefficient (Wildman–Crippen LogP) is 0.508. The van der Waals surface area contributed by atoms with E-state index in [9.17, 15) is 0 Å². The van der Waals surface area contributed by atoms with E-state index in [0.29, 0.717) is 0 Å². The van der Waals surface area contributed by atoms with Gasteiger partial charge < -0.3 is 5.32 Å². The van der Waals surface area contributed by atoms with E-state index in [4.69, 9.17) is 5.26 Å². The fraction of sp³-hybridized carbons (Fsp3) is 0.800. The van der Waals surface area contributed by atoms with E-state index in [1.165, 1.54) is 0 Å². The number of nitrogens with one attached hydrogen (secondary N) is 1. The van der Waals surface area contributed by atoms with Gasteiger partial charge in [-0.15, -0.1) is 0 Å². The van der Waals surface area contributed by atoms with Gasteiger partial charge in [0, 0.05) is 1.43 Å². The first-order chi connectivity index (χ1) is 3.33. The molecule has 0 amide bonds. The van der Waals surface area contributed by atoms with Crippen LogP contribution in [0.15, 0.2) is 0 Å².